The zero-order valence-electron chi connectivity index (χ0n) is 29.6. The van der Waals surface area contributed by atoms with Gasteiger partial charge in [0.05, 0.1) is 30.6 Å². The Labute approximate surface area is 289 Å². The van der Waals surface area contributed by atoms with Gasteiger partial charge in [0.15, 0.2) is 0 Å². The zero-order valence-corrected chi connectivity index (χ0v) is 29.6. The molecule has 49 heavy (non-hydrogen) atoms. The number of anilines is 2. The highest BCUT2D eigenvalue weighted by atomic mass is 16.5. The quantitative estimate of drug-likeness (QED) is 0.0460. The number of carbonyl (C=O) groups is 3. The first-order chi connectivity index (χ1) is 23.8. The Morgan fingerprint density at radius 3 is 2.39 bits per heavy atom. The molecule has 3 N–H and O–H groups in total. The number of hydrogen-bond donors (Lipinski definition) is 2. The Bertz CT molecular complexity index is 1600. The number of nitrogens with zero attached hydrogens (tertiary/aromatic N) is 5. The fourth-order valence-electron chi connectivity index (χ4n) is 4.71. The first-order valence-corrected chi connectivity index (χ1v) is 16.8. The molecule has 0 atom stereocenters. The van der Waals surface area contributed by atoms with Crippen molar-refractivity contribution in [2.24, 2.45) is 17.8 Å². The highest BCUT2D eigenvalue weighted by molar-refractivity contribution is 6.07. The van der Waals surface area contributed by atoms with Crippen molar-refractivity contribution < 1.29 is 23.9 Å². The molecule has 0 unspecified atom stereocenters. The van der Waals surface area contributed by atoms with Gasteiger partial charge in [-0.2, -0.15) is 4.99 Å². The molecule has 0 fully saturated rings. The summed E-state index contributed by atoms with van der Waals surface area (Å²) in [6.07, 6.45) is 7.27. The van der Waals surface area contributed by atoms with Crippen molar-refractivity contribution in [1.29, 1.82) is 0 Å². The van der Waals surface area contributed by atoms with E-state index in [1.54, 1.807) is 62.7 Å². The van der Waals surface area contributed by atoms with Crippen molar-refractivity contribution in [1.82, 2.24) is 14.5 Å². The molecule has 0 spiro atoms. The van der Waals surface area contributed by atoms with Gasteiger partial charge < -0.3 is 25.1 Å². The molecule has 2 aromatic heterocycles. The number of amidine groups is 1. The Morgan fingerprint density at radius 2 is 1.76 bits per heavy atom. The molecule has 2 heterocycles. The maximum Gasteiger partial charge on any atom is 0.307 e. The molecule has 264 valence electrons. The fraction of sp³-hybridized carbons (Fsp3) is 0.405. The van der Waals surface area contributed by atoms with Crippen LogP contribution >= 0.6 is 0 Å². The molecule has 0 aliphatic carbocycles. The Balaban J connectivity index is 0.000000732. The molecule has 2 aromatic carbocycles. The normalized spacial score (nSPS) is 10.7. The van der Waals surface area contributed by atoms with Crippen molar-refractivity contribution >= 4 is 46.7 Å². The van der Waals surface area contributed by atoms with Crippen LogP contribution in [0.25, 0.3) is 11.0 Å². The Hall–Kier alpha value is -5.10. The van der Waals surface area contributed by atoms with Crippen LogP contribution in [0.5, 0.6) is 0 Å². The molecule has 0 saturated carbocycles. The van der Waals surface area contributed by atoms with Gasteiger partial charge in [0.1, 0.15) is 17.5 Å². The van der Waals surface area contributed by atoms with Gasteiger partial charge in [-0.3, -0.25) is 19.3 Å². The van der Waals surface area contributed by atoms with Crippen molar-refractivity contribution in [3.8, 4) is 0 Å². The van der Waals surface area contributed by atoms with E-state index < -0.39 is 0 Å². The second kappa shape index (κ2) is 22.5. The topological polar surface area (TPSA) is 154 Å². The number of imidazole rings is 1. The van der Waals surface area contributed by atoms with E-state index in [1.807, 2.05) is 43.7 Å². The third kappa shape index (κ3) is 12.8. The van der Waals surface area contributed by atoms with Crippen molar-refractivity contribution in [3.63, 3.8) is 0 Å². The number of rotatable bonds is 16. The van der Waals surface area contributed by atoms with Gasteiger partial charge in [0, 0.05) is 50.3 Å². The number of hydrogen-bond acceptors (Lipinski definition) is 8. The first kappa shape index (κ1) is 40.1. The number of benzene rings is 2. The summed E-state index contributed by atoms with van der Waals surface area (Å²) in [7, 11) is 3.67. The number of aromatic nitrogens is 3. The van der Waals surface area contributed by atoms with Crippen LogP contribution in [-0.2, 0) is 32.7 Å². The lowest BCUT2D eigenvalue weighted by molar-refractivity contribution is -0.142. The highest BCUT2D eigenvalue weighted by Gasteiger charge is 2.21. The van der Waals surface area contributed by atoms with Crippen LogP contribution in [0.1, 0.15) is 81.5 Å². The van der Waals surface area contributed by atoms with Gasteiger partial charge in [-0.15, -0.1) is 0 Å². The number of aryl methyl sites for hydroxylation is 1. The molecule has 4 rings (SSSR count). The lowest BCUT2D eigenvalue weighted by Gasteiger charge is -2.21. The van der Waals surface area contributed by atoms with E-state index in [1.165, 1.54) is 30.6 Å². The van der Waals surface area contributed by atoms with E-state index in [9.17, 15) is 14.4 Å². The monoisotopic (exact) mass is 673 g/mol. The minimum atomic E-state index is -0.379. The Morgan fingerprint density at radius 1 is 1.02 bits per heavy atom. The summed E-state index contributed by atoms with van der Waals surface area (Å²) in [5.41, 5.74) is 9.20. The lowest BCUT2D eigenvalue weighted by Crippen LogP contribution is -2.34. The second-order valence-electron chi connectivity index (χ2n) is 10.6. The molecular weight excluding hydrogens is 622 g/mol. The minimum Gasteiger partial charge on any atom is -0.466 e. The minimum absolute atomic E-state index is 0.0509. The number of amides is 2. The Kier molecular flexibility index (Phi) is 18.4. The van der Waals surface area contributed by atoms with Crippen molar-refractivity contribution in [3.05, 3.63) is 83.8 Å². The SMILES string of the molecule is CC.CCCCCCOC.CCOC(=O)CCN(C(=O)c1ccc2c(c1)nc(CNc1ccc(C(N)=NC=O)cc1)n2C)c1ccccn1. The van der Waals surface area contributed by atoms with Gasteiger partial charge >= 0.3 is 5.97 Å². The van der Waals surface area contributed by atoms with E-state index in [0.29, 0.717) is 35.4 Å². The summed E-state index contributed by atoms with van der Waals surface area (Å²) in [5, 5.41) is 3.31. The molecule has 4 aromatic rings. The number of fused-ring (bicyclic) bond motifs is 1. The van der Waals surface area contributed by atoms with Gasteiger partial charge in [0.25, 0.3) is 5.91 Å². The predicted molar refractivity (Wildman–Crippen MR) is 196 cm³/mol. The molecule has 2 amide bonds. The van der Waals surface area contributed by atoms with Gasteiger partial charge in [-0.25, -0.2) is 9.97 Å². The number of unbranched alkanes of at least 4 members (excludes halogenated alkanes) is 3. The smallest absolute Gasteiger partial charge is 0.307 e. The van der Waals surface area contributed by atoms with E-state index >= 15 is 0 Å². The van der Waals surface area contributed by atoms with Crippen LogP contribution in [0, 0.1) is 0 Å². The van der Waals surface area contributed by atoms with Crippen LogP contribution in [0.3, 0.4) is 0 Å². The van der Waals surface area contributed by atoms with Crippen LogP contribution < -0.4 is 16.0 Å². The van der Waals surface area contributed by atoms with E-state index in [-0.39, 0.29) is 37.3 Å². The number of ether oxygens (including phenoxy) is 2. The third-order valence-electron chi connectivity index (χ3n) is 7.26. The molecule has 0 aliphatic rings. The predicted octanol–water partition coefficient (Wildman–Crippen LogP) is 6.28. The van der Waals surface area contributed by atoms with E-state index in [0.717, 1.165) is 23.6 Å². The van der Waals surface area contributed by atoms with Gasteiger partial charge in [-0.1, -0.05) is 46.1 Å². The summed E-state index contributed by atoms with van der Waals surface area (Å²) >= 11 is 0. The number of aliphatic imine (C=N–C) groups is 1. The second-order valence-corrected chi connectivity index (χ2v) is 10.6. The van der Waals surface area contributed by atoms with Crippen LogP contribution in [0.4, 0.5) is 11.5 Å². The lowest BCUT2D eigenvalue weighted by atomic mass is 10.1. The van der Waals surface area contributed by atoms with Crippen LogP contribution in [0.15, 0.2) is 71.9 Å². The highest BCUT2D eigenvalue weighted by Crippen LogP contribution is 2.21. The summed E-state index contributed by atoms with van der Waals surface area (Å²) in [4.78, 5) is 50.1. The van der Waals surface area contributed by atoms with Gasteiger partial charge in [-0.05, 0) is 67.9 Å². The van der Waals surface area contributed by atoms with Crippen molar-refractivity contribution in [2.75, 3.05) is 37.1 Å². The molecule has 12 heteroatoms. The maximum atomic E-state index is 13.5. The number of pyridine rings is 1. The summed E-state index contributed by atoms with van der Waals surface area (Å²) in [5.74, 6) is 0.700. The molecule has 0 radical (unpaired) electrons. The number of nitrogens with two attached hydrogens (primary N) is 1. The van der Waals surface area contributed by atoms with Crippen molar-refractivity contribution in [2.45, 2.75) is 66.3 Å². The largest absolute Gasteiger partial charge is 0.466 e. The summed E-state index contributed by atoms with van der Waals surface area (Å²) in [6.45, 7) is 9.73. The number of carbonyl (C=O) groups excluding carboxylic acids is 3. The average Bonchev–Trinajstić information content (AvgIpc) is 3.45. The maximum absolute atomic E-state index is 13.5. The number of esters is 1. The molecule has 0 bridgehead atoms. The number of nitrogens with one attached hydrogen (secondary N) is 1. The number of methoxy groups -OCH3 is 1. The third-order valence-corrected chi connectivity index (χ3v) is 7.26. The van der Waals surface area contributed by atoms with Gasteiger partial charge in [0.2, 0.25) is 6.41 Å². The molecule has 0 saturated heterocycles. The zero-order chi connectivity index (χ0) is 36.0. The molecule has 12 nitrogen and oxygen atoms in total. The van der Waals surface area contributed by atoms with Crippen LogP contribution in [-0.4, -0.2) is 65.5 Å². The molecule has 0 aliphatic heterocycles. The molecular formula is C37H51N7O5. The van der Waals surface area contributed by atoms with E-state index in [4.69, 9.17) is 20.2 Å². The van der Waals surface area contributed by atoms with E-state index in [2.05, 4.69) is 22.2 Å². The fourth-order valence-corrected chi connectivity index (χ4v) is 4.71. The summed E-state index contributed by atoms with van der Waals surface area (Å²) < 4.78 is 11.9. The first-order valence-electron chi connectivity index (χ1n) is 16.8. The average molecular weight is 674 g/mol. The summed E-state index contributed by atoms with van der Waals surface area (Å²) in [6, 6.07) is 17.8. The van der Waals surface area contributed by atoms with Crippen LogP contribution in [0.2, 0.25) is 0 Å². The standard InChI is InChI=1S/C28H29N7O4.C7H16O.C2H6/c1-3-39-26(37)13-15-35(24-6-4-5-14-30-24)28(38)20-9-12-23-22(16-20)33-25(34(23)2)17-31-21-10-7-19(8-11-21)27(29)32-18-36;1-3-4-5-6-7-8-2;1-2/h4-12,14,16,18,31H,3,13,15,17H2,1-2H3,(H2,29,32,36);3-7H2,1-2H3;1-2H3.